The number of nitrogens with zero attached hydrogens (tertiary/aromatic N) is 1. The molecule has 0 fully saturated rings. The lowest BCUT2D eigenvalue weighted by molar-refractivity contribution is 0.677. The third-order valence-corrected chi connectivity index (χ3v) is 5.01. The molecule has 0 spiro atoms. The molecule has 0 aliphatic rings. The van der Waals surface area contributed by atoms with Crippen LogP contribution in [-0.4, -0.2) is 17.0 Å². The maximum atomic E-state index is 12.7. The number of hydrogen-bond donors (Lipinski definition) is 0. The minimum absolute atomic E-state index is 0.542. The number of rotatable bonds is 4. The Bertz CT molecular complexity index is 468. The van der Waals surface area contributed by atoms with Gasteiger partial charge in [-0.25, -0.2) is 8.57 Å². The van der Waals surface area contributed by atoms with Gasteiger partial charge in [0.25, 0.3) is 0 Å². The van der Waals surface area contributed by atoms with Gasteiger partial charge in [0.2, 0.25) is 0 Å². The molecule has 1 aromatic rings. The lowest BCUT2D eigenvalue weighted by Crippen LogP contribution is -2.08. The van der Waals surface area contributed by atoms with E-state index in [2.05, 4.69) is 11.3 Å². The Kier molecular flexibility index (Phi) is 4.74. The van der Waals surface area contributed by atoms with Gasteiger partial charge < -0.3 is 0 Å². The third kappa shape index (κ3) is 2.95. The molecule has 1 aromatic carbocycles. The fourth-order valence-corrected chi connectivity index (χ4v) is 3.49. The van der Waals surface area contributed by atoms with E-state index >= 15 is 0 Å². The topological polar surface area (TPSA) is 29.4 Å². The van der Waals surface area contributed by atoms with Gasteiger partial charge in [0, 0.05) is 11.9 Å². The second-order valence-corrected chi connectivity index (χ2v) is 5.99. The van der Waals surface area contributed by atoms with E-state index in [0.29, 0.717) is 5.75 Å². The molecule has 0 heterocycles. The average Bonchev–Trinajstić information content (AvgIpc) is 2.36. The standard InChI is InChI=1S/C13H19NOS/c1-4-12(5-2)11-16(15,14-3)13-9-7-6-8-10-13/h4,6-10H,5,11H2,1-3H3/b12-4+. The van der Waals surface area contributed by atoms with Gasteiger partial charge in [-0.2, -0.15) is 0 Å². The van der Waals surface area contributed by atoms with Crippen LogP contribution < -0.4 is 0 Å². The molecule has 1 atom stereocenters. The lowest BCUT2D eigenvalue weighted by Gasteiger charge is -2.11. The Morgan fingerprint density at radius 2 is 2.00 bits per heavy atom. The van der Waals surface area contributed by atoms with Crippen molar-refractivity contribution in [3.63, 3.8) is 0 Å². The van der Waals surface area contributed by atoms with Crippen LogP contribution in [0.5, 0.6) is 0 Å². The van der Waals surface area contributed by atoms with Crippen molar-refractivity contribution in [3.8, 4) is 0 Å². The first-order valence-electron chi connectivity index (χ1n) is 5.48. The Morgan fingerprint density at radius 1 is 1.38 bits per heavy atom. The van der Waals surface area contributed by atoms with E-state index in [-0.39, 0.29) is 0 Å². The van der Waals surface area contributed by atoms with Crippen molar-refractivity contribution in [1.82, 2.24) is 0 Å². The summed E-state index contributed by atoms with van der Waals surface area (Å²) in [7, 11) is -0.635. The van der Waals surface area contributed by atoms with Crippen molar-refractivity contribution in [2.45, 2.75) is 25.2 Å². The molecule has 0 bridgehead atoms. The molecule has 88 valence electrons. The lowest BCUT2D eigenvalue weighted by atomic mass is 10.2. The molecule has 0 amide bonds. The third-order valence-electron chi connectivity index (χ3n) is 2.65. The molecule has 1 unspecified atom stereocenters. The summed E-state index contributed by atoms with van der Waals surface area (Å²) in [6.07, 6.45) is 2.96. The Hall–Kier alpha value is -1.09. The summed E-state index contributed by atoms with van der Waals surface area (Å²) in [4.78, 5) is 0.824. The average molecular weight is 237 g/mol. The van der Waals surface area contributed by atoms with Crippen LogP contribution in [0.25, 0.3) is 0 Å². The molecule has 0 aliphatic heterocycles. The first-order chi connectivity index (χ1) is 7.66. The summed E-state index contributed by atoms with van der Waals surface area (Å²) in [5, 5.41) is 0. The summed E-state index contributed by atoms with van der Waals surface area (Å²) in [5.41, 5.74) is 1.19. The molecule has 0 saturated heterocycles. The number of benzene rings is 1. The van der Waals surface area contributed by atoms with Crippen molar-refractivity contribution in [3.05, 3.63) is 42.0 Å². The van der Waals surface area contributed by atoms with Crippen molar-refractivity contribution in [2.24, 2.45) is 4.36 Å². The highest BCUT2D eigenvalue weighted by atomic mass is 32.2. The fraction of sp³-hybridized carbons (Fsp3) is 0.385. The van der Waals surface area contributed by atoms with Crippen molar-refractivity contribution < 1.29 is 4.21 Å². The molecule has 0 N–H and O–H groups in total. The van der Waals surface area contributed by atoms with Crippen LogP contribution >= 0.6 is 0 Å². The van der Waals surface area contributed by atoms with E-state index in [9.17, 15) is 4.21 Å². The van der Waals surface area contributed by atoms with Gasteiger partial charge in [-0.15, -0.1) is 0 Å². The second-order valence-electron chi connectivity index (χ2n) is 3.58. The van der Waals surface area contributed by atoms with Gasteiger partial charge in [-0.05, 0) is 25.5 Å². The molecule has 3 heteroatoms. The highest BCUT2D eigenvalue weighted by Crippen LogP contribution is 2.17. The Labute approximate surface area is 98.6 Å². The van der Waals surface area contributed by atoms with E-state index in [1.54, 1.807) is 7.05 Å². The monoisotopic (exact) mass is 237 g/mol. The SMILES string of the molecule is C/C=C(\CC)CS(=O)(=NC)c1ccccc1. The highest BCUT2D eigenvalue weighted by Gasteiger charge is 2.12. The fourth-order valence-electron chi connectivity index (χ4n) is 1.53. The van der Waals surface area contributed by atoms with E-state index in [4.69, 9.17) is 0 Å². The van der Waals surface area contributed by atoms with Gasteiger partial charge in [0.15, 0.2) is 0 Å². The Balaban J connectivity index is 3.11. The molecule has 0 aliphatic carbocycles. The van der Waals surface area contributed by atoms with E-state index in [1.165, 1.54) is 5.57 Å². The van der Waals surface area contributed by atoms with Crippen LogP contribution in [0.15, 0.2) is 51.2 Å². The largest absolute Gasteiger partial charge is 0.244 e. The smallest absolute Gasteiger partial charge is 0.0788 e. The van der Waals surface area contributed by atoms with E-state index in [0.717, 1.165) is 11.3 Å². The maximum Gasteiger partial charge on any atom is 0.0788 e. The summed E-state index contributed by atoms with van der Waals surface area (Å²) in [6.45, 7) is 4.06. The zero-order valence-corrected chi connectivity index (χ0v) is 11.0. The van der Waals surface area contributed by atoms with Crippen LogP contribution in [0.4, 0.5) is 0 Å². The molecular weight excluding hydrogens is 218 g/mol. The molecule has 0 aromatic heterocycles. The number of hydrogen-bond acceptors (Lipinski definition) is 2. The first-order valence-corrected chi connectivity index (χ1v) is 7.16. The summed E-state index contributed by atoms with van der Waals surface area (Å²) in [5.74, 6) is 0.542. The molecule has 0 radical (unpaired) electrons. The van der Waals surface area contributed by atoms with Gasteiger partial charge in [-0.1, -0.05) is 36.8 Å². The minimum atomic E-state index is -2.27. The molecule has 2 nitrogen and oxygen atoms in total. The second kappa shape index (κ2) is 5.85. The first kappa shape index (κ1) is 13.0. The van der Waals surface area contributed by atoms with E-state index < -0.39 is 9.73 Å². The minimum Gasteiger partial charge on any atom is -0.244 e. The van der Waals surface area contributed by atoms with Crippen molar-refractivity contribution in [2.75, 3.05) is 12.8 Å². The van der Waals surface area contributed by atoms with E-state index in [1.807, 2.05) is 43.3 Å². The normalized spacial score (nSPS) is 15.6. The van der Waals surface area contributed by atoms with Crippen LogP contribution in [0.3, 0.4) is 0 Å². The highest BCUT2D eigenvalue weighted by molar-refractivity contribution is 7.93. The quantitative estimate of drug-likeness (QED) is 0.737. The maximum absolute atomic E-state index is 12.7. The van der Waals surface area contributed by atoms with Gasteiger partial charge in [0.05, 0.1) is 15.5 Å². The molecule has 16 heavy (non-hydrogen) atoms. The molecule has 1 rings (SSSR count). The molecular formula is C13H19NOS. The zero-order chi connectivity index (χ0) is 12.0. The van der Waals surface area contributed by atoms with Crippen molar-refractivity contribution >= 4 is 9.73 Å². The zero-order valence-electron chi connectivity index (χ0n) is 10.1. The van der Waals surface area contributed by atoms with Gasteiger partial charge in [0.1, 0.15) is 0 Å². The molecule has 0 saturated carbocycles. The Morgan fingerprint density at radius 3 is 2.44 bits per heavy atom. The summed E-state index contributed by atoms with van der Waals surface area (Å²) < 4.78 is 16.8. The summed E-state index contributed by atoms with van der Waals surface area (Å²) >= 11 is 0. The predicted octanol–water partition coefficient (Wildman–Crippen LogP) is 3.50. The van der Waals surface area contributed by atoms with Gasteiger partial charge in [-0.3, -0.25) is 0 Å². The number of allylic oxidation sites excluding steroid dienone is 1. The van der Waals surface area contributed by atoms with Crippen LogP contribution in [0.2, 0.25) is 0 Å². The van der Waals surface area contributed by atoms with Crippen LogP contribution in [-0.2, 0) is 9.73 Å². The van der Waals surface area contributed by atoms with Crippen molar-refractivity contribution in [1.29, 1.82) is 0 Å². The van der Waals surface area contributed by atoms with Crippen LogP contribution in [0, 0.1) is 0 Å². The summed E-state index contributed by atoms with van der Waals surface area (Å²) in [6, 6.07) is 9.51. The van der Waals surface area contributed by atoms with Crippen LogP contribution in [0.1, 0.15) is 20.3 Å². The van der Waals surface area contributed by atoms with Gasteiger partial charge >= 0.3 is 0 Å². The predicted molar refractivity (Wildman–Crippen MR) is 70.1 cm³/mol.